The lowest BCUT2D eigenvalue weighted by atomic mass is 10.1. The van der Waals surface area contributed by atoms with Crippen molar-refractivity contribution in [3.8, 4) is 5.82 Å². The van der Waals surface area contributed by atoms with Gasteiger partial charge in [-0.3, -0.25) is 0 Å². The van der Waals surface area contributed by atoms with Crippen molar-refractivity contribution in [1.82, 2.24) is 19.7 Å². The molecule has 7 nitrogen and oxygen atoms in total. The predicted octanol–water partition coefficient (Wildman–Crippen LogP) is 3.37. The van der Waals surface area contributed by atoms with Gasteiger partial charge in [0.1, 0.15) is 5.56 Å². The Hall–Kier alpha value is -3.29. The van der Waals surface area contributed by atoms with Crippen molar-refractivity contribution in [2.24, 2.45) is 0 Å². The summed E-state index contributed by atoms with van der Waals surface area (Å²) < 4.78 is 13.5. The summed E-state index contributed by atoms with van der Waals surface area (Å²) in [5.41, 5.74) is 3.48. The first-order valence-electron chi connectivity index (χ1n) is 7.54. The molecule has 0 fully saturated rings. The van der Waals surface area contributed by atoms with Crippen LogP contribution in [0.2, 0.25) is 0 Å². The Morgan fingerprint density at radius 3 is 2.60 bits per heavy atom. The Balaban J connectivity index is 1.90. The average Bonchev–Trinajstić information content (AvgIpc) is 2.95. The molecule has 1 aromatic carbocycles. The first-order valence-corrected chi connectivity index (χ1v) is 7.54. The first-order chi connectivity index (χ1) is 12.0. The van der Waals surface area contributed by atoms with E-state index >= 15 is 0 Å². The van der Waals surface area contributed by atoms with Gasteiger partial charge in [0.2, 0.25) is 5.95 Å². The average molecular weight is 341 g/mol. The van der Waals surface area contributed by atoms with Crippen LogP contribution in [0.1, 0.15) is 27.2 Å². The summed E-state index contributed by atoms with van der Waals surface area (Å²) in [5, 5.41) is 7.29. The zero-order valence-corrected chi connectivity index (χ0v) is 13.9. The molecule has 1 N–H and O–H groups in total. The minimum Gasteiger partial charge on any atom is -0.324 e. The van der Waals surface area contributed by atoms with Crippen molar-refractivity contribution in [3.05, 3.63) is 59.0 Å². The molecule has 0 amide bonds. The summed E-state index contributed by atoms with van der Waals surface area (Å²) in [6.45, 7) is 5.60. The topological polar surface area (TPSA) is 81.9 Å². The summed E-state index contributed by atoms with van der Waals surface area (Å²) >= 11 is 0. The normalized spacial score (nSPS) is 10.6. The van der Waals surface area contributed by atoms with E-state index in [0.717, 1.165) is 16.8 Å². The molecule has 0 aliphatic carbocycles. The second-order valence-electron chi connectivity index (χ2n) is 5.68. The van der Waals surface area contributed by atoms with Crippen LogP contribution in [0.25, 0.3) is 5.82 Å². The fourth-order valence-electron chi connectivity index (χ4n) is 2.53. The molecule has 0 spiro atoms. The Morgan fingerprint density at radius 1 is 1.20 bits per heavy atom. The lowest BCUT2D eigenvalue weighted by Gasteiger charge is -2.08. The van der Waals surface area contributed by atoms with E-state index in [0.29, 0.717) is 17.5 Å². The number of carbonyl (C=O) groups excluding carboxylic acids is 1. The van der Waals surface area contributed by atoms with Crippen molar-refractivity contribution >= 4 is 17.6 Å². The molecule has 128 valence electrons. The number of rotatable bonds is 4. The third kappa shape index (κ3) is 3.63. The SMILES string of the molecule is Cc1cc(C)cc(Nc2nccc(-n3cc(C(=O)OF)c(C)n3)n2)c1. The Labute approximate surface area is 143 Å². The highest BCUT2D eigenvalue weighted by atomic mass is 19.3. The molecule has 0 radical (unpaired) electrons. The van der Waals surface area contributed by atoms with Gasteiger partial charge >= 0.3 is 5.97 Å². The van der Waals surface area contributed by atoms with Gasteiger partial charge in [-0.1, -0.05) is 6.07 Å². The molecular weight excluding hydrogens is 325 g/mol. The van der Waals surface area contributed by atoms with Gasteiger partial charge in [-0.15, -0.1) is 0 Å². The van der Waals surface area contributed by atoms with E-state index < -0.39 is 5.97 Å². The third-order valence-electron chi connectivity index (χ3n) is 3.54. The number of anilines is 2. The van der Waals surface area contributed by atoms with Crippen LogP contribution in [-0.2, 0) is 4.94 Å². The van der Waals surface area contributed by atoms with Gasteiger partial charge < -0.3 is 5.32 Å². The lowest BCUT2D eigenvalue weighted by molar-refractivity contribution is -0.0788. The van der Waals surface area contributed by atoms with Gasteiger partial charge in [-0.2, -0.15) is 10.1 Å². The number of halogens is 1. The second-order valence-corrected chi connectivity index (χ2v) is 5.68. The van der Waals surface area contributed by atoms with Gasteiger partial charge in [-0.25, -0.2) is 19.4 Å². The molecule has 0 unspecified atom stereocenters. The minimum absolute atomic E-state index is 0.0323. The van der Waals surface area contributed by atoms with Crippen LogP contribution in [-0.4, -0.2) is 25.7 Å². The fraction of sp³-hybridized carbons (Fsp3) is 0.176. The highest BCUT2D eigenvalue weighted by molar-refractivity contribution is 5.89. The van der Waals surface area contributed by atoms with Gasteiger partial charge in [0.05, 0.1) is 5.69 Å². The molecule has 8 heteroatoms. The van der Waals surface area contributed by atoms with Crippen molar-refractivity contribution in [3.63, 3.8) is 0 Å². The van der Waals surface area contributed by atoms with Crippen molar-refractivity contribution in [2.75, 3.05) is 5.32 Å². The maximum Gasteiger partial charge on any atom is 0.382 e. The molecule has 0 bridgehead atoms. The number of carbonyl (C=O) groups is 1. The molecular formula is C17H16FN5O2. The first kappa shape index (κ1) is 16.6. The minimum atomic E-state index is -1.09. The van der Waals surface area contributed by atoms with E-state index in [2.05, 4.69) is 31.4 Å². The molecule has 0 atom stereocenters. The van der Waals surface area contributed by atoms with Gasteiger partial charge in [-0.05, 0) is 44.0 Å². The maximum atomic E-state index is 12.1. The number of hydrogen-bond acceptors (Lipinski definition) is 6. The number of hydrogen-bond donors (Lipinski definition) is 1. The smallest absolute Gasteiger partial charge is 0.324 e. The monoisotopic (exact) mass is 341 g/mol. The van der Waals surface area contributed by atoms with Crippen LogP contribution in [0.5, 0.6) is 0 Å². The van der Waals surface area contributed by atoms with Crippen LogP contribution < -0.4 is 5.32 Å². The van der Waals surface area contributed by atoms with Crippen molar-refractivity contribution < 1.29 is 14.3 Å². The highest BCUT2D eigenvalue weighted by Crippen LogP contribution is 2.18. The van der Waals surface area contributed by atoms with Crippen molar-refractivity contribution in [2.45, 2.75) is 20.8 Å². The summed E-state index contributed by atoms with van der Waals surface area (Å²) in [4.78, 5) is 23.2. The van der Waals surface area contributed by atoms with E-state index in [1.54, 1.807) is 19.2 Å². The second kappa shape index (κ2) is 6.68. The summed E-state index contributed by atoms with van der Waals surface area (Å²) in [7, 11) is 0. The number of aromatic nitrogens is 4. The molecule has 25 heavy (non-hydrogen) atoms. The van der Waals surface area contributed by atoms with E-state index in [1.807, 2.05) is 26.0 Å². The molecule has 2 heterocycles. The van der Waals surface area contributed by atoms with Crippen LogP contribution in [0.4, 0.5) is 16.2 Å². The maximum absolute atomic E-state index is 12.1. The summed E-state index contributed by atoms with van der Waals surface area (Å²) in [6.07, 6.45) is 2.93. The number of nitrogens with one attached hydrogen (secondary N) is 1. The number of nitrogens with zero attached hydrogens (tertiary/aromatic N) is 4. The molecule has 0 aliphatic rings. The van der Waals surface area contributed by atoms with Crippen LogP contribution in [0, 0.1) is 20.8 Å². The largest absolute Gasteiger partial charge is 0.382 e. The van der Waals surface area contributed by atoms with Crippen molar-refractivity contribution in [1.29, 1.82) is 0 Å². The molecule has 0 saturated heterocycles. The molecule has 0 saturated carbocycles. The molecule has 0 aliphatic heterocycles. The molecule has 3 rings (SSSR count). The lowest BCUT2D eigenvalue weighted by Crippen LogP contribution is -2.03. The van der Waals surface area contributed by atoms with Gasteiger partial charge in [0, 0.05) is 28.7 Å². The molecule has 2 aromatic heterocycles. The summed E-state index contributed by atoms with van der Waals surface area (Å²) in [6, 6.07) is 7.66. The number of benzene rings is 1. The third-order valence-corrected chi connectivity index (χ3v) is 3.54. The predicted molar refractivity (Wildman–Crippen MR) is 89.6 cm³/mol. The fourth-order valence-corrected chi connectivity index (χ4v) is 2.53. The standard InChI is InChI=1S/C17H16FN5O2/c1-10-6-11(2)8-13(7-10)20-17-19-5-4-15(21-17)23-9-14(12(3)22-23)16(24)25-18/h4-9H,1-3H3,(H,19,20,21). The van der Waals surface area contributed by atoms with E-state index in [4.69, 9.17) is 0 Å². The zero-order valence-electron chi connectivity index (χ0n) is 13.9. The zero-order chi connectivity index (χ0) is 18.0. The molecule has 3 aromatic rings. The number of aryl methyl sites for hydroxylation is 3. The summed E-state index contributed by atoms with van der Waals surface area (Å²) in [5.74, 6) is -0.278. The Bertz CT molecular complexity index is 918. The Kier molecular flexibility index (Phi) is 4.42. The quantitative estimate of drug-likeness (QED) is 0.783. The van der Waals surface area contributed by atoms with Crippen LogP contribution in [0.15, 0.2) is 36.7 Å². The van der Waals surface area contributed by atoms with E-state index in [1.165, 1.54) is 10.9 Å². The van der Waals surface area contributed by atoms with E-state index in [-0.39, 0.29) is 5.56 Å². The van der Waals surface area contributed by atoms with Crippen LogP contribution in [0.3, 0.4) is 0 Å². The van der Waals surface area contributed by atoms with Gasteiger partial charge in [0.25, 0.3) is 0 Å². The van der Waals surface area contributed by atoms with E-state index in [9.17, 15) is 9.32 Å². The van der Waals surface area contributed by atoms with Gasteiger partial charge in [0.15, 0.2) is 5.82 Å². The highest BCUT2D eigenvalue weighted by Gasteiger charge is 2.17. The Morgan fingerprint density at radius 2 is 1.92 bits per heavy atom. The van der Waals surface area contributed by atoms with Crippen LogP contribution >= 0.6 is 0 Å².